The minimum absolute atomic E-state index is 0.539. The van der Waals surface area contributed by atoms with Crippen LogP contribution in [0.3, 0.4) is 0 Å². The van der Waals surface area contributed by atoms with Gasteiger partial charge in [-0.3, -0.25) is 0 Å². The van der Waals surface area contributed by atoms with Gasteiger partial charge in [0.05, 0.1) is 66.1 Å². The molecule has 6 nitrogen and oxygen atoms in total. The van der Waals surface area contributed by atoms with E-state index in [1.165, 1.54) is 49.7 Å². The second kappa shape index (κ2) is 23.2. The van der Waals surface area contributed by atoms with Crippen LogP contribution in [-0.2, 0) is 36.7 Å². The number of hydrogen-bond donors (Lipinski definition) is 0. The lowest BCUT2D eigenvalue weighted by Gasteiger charge is -2.09. The van der Waals surface area contributed by atoms with Crippen molar-refractivity contribution in [3.05, 3.63) is 65.7 Å². The molecule has 0 heterocycles. The Bertz CT molecular complexity index is 737. The number of aryl methyl sites for hydroxylation is 1. The van der Waals surface area contributed by atoms with E-state index >= 15 is 0 Å². The van der Waals surface area contributed by atoms with Gasteiger partial charge in [-0.2, -0.15) is 0 Å². The third-order valence-electron chi connectivity index (χ3n) is 5.84. The number of ether oxygens (including phenoxy) is 6. The molecule has 208 valence electrons. The van der Waals surface area contributed by atoms with Crippen LogP contribution in [0.25, 0.3) is 0 Å². The summed E-state index contributed by atoms with van der Waals surface area (Å²) < 4.78 is 33.4. The lowest BCUT2D eigenvalue weighted by molar-refractivity contribution is -0.0139. The van der Waals surface area contributed by atoms with Gasteiger partial charge in [-0.05, 0) is 36.1 Å². The first kappa shape index (κ1) is 31.3. The third kappa shape index (κ3) is 18.0. The Labute approximate surface area is 224 Å². The second-order valence-electron chi connectivity index (χ2n) is 9.00. The highest BCUT2D eigenvalue weighted by atomic mass is 16.6. The van der Waals surface area contributed by atoms with Crippen LogP contribution in [0, 0.1) is 0 Å². The van der Waals surface area contributed by atoms with Gasteiger partial charge in [-0.15, -0.1) is 0 Å². The molecule has 2 rings (SSSR count). The summed E-state index contributed by atoms with van der Waals surface area (Å²) in [7, 11) is 0. The number of hydrogen-bond acceptors (Lipinski definition) is 6. The van der Waals surface area contributed by atoms with E-state index in [-0.39, 0.29) is 0 Å². The minimum atomic E-state index is 0.539. The zero-order valence-corrected chi connectivity index (χ0v) is 22.9. The molecular weight excluding hydrogens is 468 g/mol. The summed E-state index contributed by atoms with van der Waals surface area (Å²) in [6.45, 7) is 8.40. The summed E-state index contributed by atoms with van der Waals surface area (Å²) in [5.41, 5.74) is 2.56. The van der Waals surface area contributed by atoms with E-state index in [1.807, 2.05) is 18.2 Å². The summed E-state index contributed by atoms with van der Waals surface area (Å²) in [6, 6.07) is 18.6. The zero-order chi connectivity index (χ0) is 26.1. The Morgan fingerprint density at radius 3 is 1.57 bits per heavy atom. The summed E-state index contributed by atoms with van der Waals surface area (Å²) in [6.07, 6.45) is 9.15. The normalized spacial score (nSPS) is 11.2. The Morgan fingerprint density at radius 2 is 0.973 bits per heavy atom. The molecule has 0 radical (unpaired) electrons. The molecule has 6 heteroatoms. The van der Waals surface area contributed by atoms with Crippen LogP contribution in [0.2, 0.25) is 0 Å². The van der Waals surface area contributed by atoms with Crippen molar-refractivity contribution in [3.63, 3.8) is 0 Å². The average molecular weight is 517 g/mol. The van der Waals surface area contributed by atoms with Crippen molar-refractivity contribution >= 4 is 0 Å². The van der Waals surface area contributed by atoms with Gasteiger partial charge in [0.2, 0.25) is 0 Å². The Morgan fingerprint density at radius 1 is 0.459 bits per heavy atom. The molecule has 37 heavy (non-hydrogen) atoms. The van der Waals surface area contributed by atoms with Gasteiger partial charge in [0.15, 0.2) is 0 Å². The van der Waals surface area contributed by atoms with Crippen molar-refractivity contribution in [2.45, 2.75) is 58.5 Å². The molecule has 2 aromatic rings. The molecule has 0 aliphatic heterocycles. The molecule has 0 fully saturated rings. The molecular formula is C31H48O6. The highest BCUT2D eigenvalue weighted by Crippen LogP contribution is 2.15. The van der Waals surface area contributed by atoms with Crippen LogP contribution >= 0.6 is 0 Å². The fourth-order valence-electron chi connectivity index (χ4n) is 3.72. The average Bonchev–Trinajstić information content (AvgIpc) is 2.93. The minimum Gasteiger partial charge on any atom is -0.491 e. The topological polar surface area (TPSA) is 55.4 Å². The van der Waals surface area contributed by atoms with Crippen LogP contribution < -0.4 is 4.74 Å². The molecule has 0 unspecified atom stereocenters. The smallest absolute Gasteiger partial charge is 0.119 e. The maximum Gasteiger partial charge on any atom is 0.119 e. The molecule has 0 atom stereocenters. The third-order valence-corrected chi connectivity index (χ3v) is 5.84. The SMILES string of the molecule is CCCCCCCCc1ccc(OCCOCCOCCOCCOCCOCc2ccccc2)cc1. The van der Waals surface area contributed by atoms with E-state index in [0.717, 1.165) is 12.2 Å². The van der Waals surface area contributed by atoms with Crippen LogP contribution in [-0.4, -0.2) is 66.1 Å². The fraction of sp³-hybridized carbons (Fsp3) is 0.613. The summed E-state index contributed by atoms with van der Waals surface area (Å²) >= 11 is 0. The van der Waals surface area contributed by atoms with E-state index in [4.69, 9.17) is 28.4 Å². The Hall–Kier alpha value is -1.96. The lowest BCUT2D eigenvalue weighted by atomic mass is 10.0. The van der Waals surface area contributed by atoms with Gasteiger partial charge in [0.1, 0.15) is 12.4 Å². The molecule has 0 N–H and O–H groups in total. The maximum atomic E-state index is 5.76. The molecule has 0 saturated heterocycles. The van der Waals surface area contributed by atoms with Crippen LogP contribution in [0.5, 0.6) is 5.75 Å². The molecule has 0 spiro atoms. The van der Waals surface area contributed by atoms with Gasteiger partial charge in [-0.25, -0.2) is 0 Å². The second-order valence-corrected chi connectivity index (χ2v) is 9.00. The summed E-state index contributed by atoms with van der Waals surface area (Å²) in [4.78, 5) is 0. The molecule has 0 saturated carbocycles. The van der Waals surface area contributed by atoms with E-state index < -0.39 is 0 Å². The van der Waals surface area contributed by atoms with E-state index in [0.29, 0.717) is 72.7 Å². The predicted molar refractivity (Wildman–Crippen MR) is 148 cm³/mol. The monoisotopic (exact) mass is 516 g/mol. The number of unbranched alkanes of at least 4 members (excludes halogenated alkanes) is 5. The maximum absolute atomic E-state index is 5.76. The van der Waals surface area contributed by atoms with Crippen LogP contribution in [0.4, 0.5) is 0 Å². The highest BCUT2D eigenvalue weighted by Gasteiger charge is 1.98. The van der Waals surface area contributed by atoms with Gasteiger partial charge in [0.25, 0.3) is 0 Å². The zero-order valence-electron chi connectivity index (χ0n) is 22.9. The predicted octanol–water partition coefficient (Wildman–Crippen LogP) is 6.25. The van der Waals surface area contributed by atoms with Crippen LogP contribution in [0.1, 0.15) is 56.6 Å². The molecule has 0 aliphatic carbocycles. The molecule has 0 aromatic heterocycles. The standard InChI is InChI=1S/C31H48O6/c1-2-3-4-5-6-8-11-29-14-16-31(17-15-29)37-27-26-35-23-22-33-19-18-32-20-21-34-24-25-36-28-30-12-9-7-10-13-30/h7,9-10,12-17H,2-6,8,11,18-28H2,1H3. The summed E-state index contributed by atoms with van der Waals surface area (Å²) in [5, 5.41) is 0. The summed E-state index contributed by atoms with van der Waals surface area (Å²) in [5.74, 6) is 0.896. The fourth-order valence-corrected chi connectivity index (χ4v) is 3.72. The van der Waals surface area contributed by atoms with Crippen molar-refractivity contribution in [2.24, 2.45) is 0 Å². The van der Waals surface area contributed by atoms with Gasteiger partial charge < -0.3 is 28.4 Å². The Kier molecular flexibility index (Phi) is 19.6. The highest BCUT2D eigenvalue weighted by molar-refractivity contribution is 5.27. The lowest BCUT2D eigenvalue weighted by Crippen LogP contribution is -2.14. The van der Waals surface area contributed by atoms with Crippen molar-refractivity contribution in [1.29, 1.82) is 0 Å². The molecule has 0 bridgehead atoms. The quantitative estimate of drug-likeness (QED) is 0.145. The van der Waals surface area contributed by atoms with E-state index in [1.54, 1.807) is 0 Å². The molecule has 0 amide bonds. The van der Waals surface area contributed by atoms with Crippen molar-refractivity contribution in [2.75, 3.05) is 66.1 Å². The van der Waals surface area contributed by atoms with Gasteiger partial charge in [-0.1, -0.05) is 81.5 Å². The molecule has 0 aliphatic rings. The van der Waals surface area contributed by atoms with Gasteiger partial charge in [0, 0.05) is 0 Å². The van der Waals surface area contributed by atoms with Crippen LogP contribution in [0.15, 0.2) is 54.6 Å². The first-order valence-corrected chi connectivity index (χ1v) is 14.0. The van der Waals surface area contributed by atoms with E-state index in [9.17, 15) is 0 Å². The van der Waals surface area contributed by atoms with Crippen molar-refractivity contribution in [3.8, 4) is 5.75 Å². The number of rotatable bonds is 25. The van der Waals surface area contributed by atoms with Gasteiger partial charge >= 0.3 is 0 Å². The first-order chi connectivity index (χ1) is 18.4. The van der Waals surface area contributed by atoms with E-state index in [2.05, 4.69) is 43.3 Å². The molecule has 2 aromatic carbocycles. The largest absolute Gasteiger partial charge is 0.491 e. The van der Waals surface area contributed by atoms with Crippen molar-refractivity contribution in [1.82, 2.24) is 0 Å². The number of benzene rings is 2. The first-order valence-electron chi connectivity index (χ1n) is 14.0. The Balaban J connectivity index is 1.28. The van der Waals surface area contributed by atoms with Crippen molar-refractivity contribution < 1.29 is 28.4 Å².